The third kappa shape index (κ3) is 2.37. The Hall–Kier alpha value is -0.910. The average Bonchev–Trinajstić information content (AvgIpc) is 2.39. The number of nitrogens with two attached hydrogens (primary N) is 1. The molecule has 4 nitrogen and oxygen atoms in total. The summed E-state index contributed by atoms with van der Waals surface area (Å²) in [4.78, 5) is 0.179. The van der Waals surface area contributed by atoms with E-state index in [2.05, 4.69) is 5.32 Å². The topological polar surface area (TPSA) is 74.3 Å². The predicted octanol–water partition coefficient (Wildman–Crippen LogP) is 0.385. The van der Waals surface area contributed by atoms with Gasteiger partial charge < -0.3 is 0 Å². The lowest BCUT2D eigenvalue weighted by molar-refractivity contribution is 0.597. The van der Waals surface area contributed by atoms with Crippen molar-refractivity contribution in [3.05, 3.63) is 29.3 Å². The Kier molecular flexibility index (Phi) is 2.77. The lowest BCUT2D eigenvalue weighted by Gasteiger charge is -2.06. The molecule has 1 aromatic carbocycles. The number of primary sulfonamides is 1. The fourth-order valence-electron chi connectivity index (χ4n) is 1.75. The molecule has 1 heterocycles. The normalized spacial score (nSPS) is 16.9. The van der Waals surface area contributed by atoms with Gasteiger partial charge in [0.15, 0.2) is 0 Å². The van der Waals surface area contributed by atoms with Gasteiger partial charge in [-0.25, -0.2) is 18.9 Å². The largest absolute Gasteiger partial charge is 0.238 e. The van der Waals surface area contributed by atoms with Crippen LogP contribution in [0.15, 0.2) is 23.1 Å². The molecule has 1 radical (unpaired) electrons. The first-order valence-corrected chi connectivity index (χ1v) is 6.40. The summed E-state index contributed by atoms with van der Waals surface area (Å²) < 4.78 is 22.3. The van der Waals surface area contributed by atoms with E-state index < -0.39 is 10.0 Å². The fourth-order valence-corrected chi connectivity index (χ4v) is 2.32. The first kappa shape index (κ1) is 10.6. The van der Waals surface area contributed by atoms with Gasteiger partial charge in [0.25, 0.3) is 0 Å². The van der Waals surface area contributed by atoms with Gasteiger partial charge >= 0.3 is 0 Å². The minimum atomic E-state index is -3.59. The molecule has 1 aromatic rings. The van der Waals surface area contributed by atoms with Gasteiger partial charge in [-0.1, -0.05) is 6.07 Å². The third-order valence-corrected chi connectivity index (χ3v) is 3.46. The van der Waals surface area contributed by atoms with Crippen molar-refractivity contribution in [1.29, 1.82) is 0 Å². The monoisotopic (exact) mass is 225 g/mol. The number of hydrogen-bond acceptors (Lipinski definition) is 2. The molecular formula is C10H13N2O2S. The summed E-state index contributed by atoms with van der Waals surface area (Å²) in [5, 5.41) is 9.37. The van der Waals surface area contributed by atoms with E-state index in [-0.39, 0.29) is 4.90 Å². The van der Waals surface area contributed by atoms with Crippen LogP contribution in [-0.2, 0) is 23.0 Å². The van der Waals surface area contributed by atoms with Gasteiger partial charge in [0.1, 0.15) is 0 Å². The molecule has 0 amide bonds. The highest BCUT2D eigenvalue weighted by Crippen LogP contribution is 2.18. The minimum Gasteiger partial charge on any atom is -0.237 e. The average molecular weight is 225 g/mol. The third-order valence-electron chi connectivity index (χ3n) is 2.55. The Balaban J connectivity index is 2.45. The van der Waals surface area contributed by atoms with Gasteiger partial charge in [-0.2, -0.15) is 0 Å². The SMILES string of the molecule is NS(=O)(=O)c1ccc2c(c1)C[N]CCC2. The molecule has 0 atom stereocenters. The molecule has 0 bridgehead atoms. The van der Waals surface area contributed by atoms with Crippen molar-refractivity contribution in [1.82, 2.24) is 5.32 Å². The lowest BCUT2D eigenvalue weighted by Crippen LogP contribution is -2.13. The van der Waals surface area contributed by atoms with Gasteiger partial charge in [-0.3, -0.25) is 0 Å². The molecule has 1 aliphatic heterocycles. The van der Waals surface area contributed by atoms with Crippen molar-refractivity contribution in [2.24, 2.45) is 5.14 Å². The highest BCUT2D eigenvalue weighted by atomic mass is 32.2. The van der Waals surface area contributed by atoms with Gasteiger partial charge in [0.2, 0.25) is 10.0 Å². The molecule has 0 saturated carbocycles. The summed E-state index contributed by atoms with van der Waals surface area (Å²) in [6.07, 6.45) is 1.99. The van der Waals surface area contributed by atoms with E-state index in [1.807, 2.05) is 6.07 Å². The molecule has 15 heavy (non-hydrogen) atoms. The summed E-state index contributed by atoms with van der Waals surface area (Å²) in [5.74, 6) is 0. The molecule has 0 aromatic heterocycles. The van der Waals surface area contributed by atoms with Crippen LogP contribution in [0.5, 0.6) is 0 Å². The summed E-state index contributed by atoms with van der Waals surface area (Å²) in [7, 11) is -3.59. The standard InChI is InChI=1S/C10H13N2O2S/c11-15(13,14)10-4-3-8-2-1-5-12-7-9(8)6-10/h3-4,6H,1-2,5,7H2,(H2,11,13,14). The maximum Gasteiger partial charge on any atom is 0.238 e. The first-order valence-electron chi connectivity index (χ1n) is 4.85. The number of aryl methyl sites for hydroxylation is 1. The summed E-state index contributed by atoms with van der Waals surface area (Å²) in [6.45, 7) is 1.44. The molecule has 2 N–H and O–H groups in total. The summed E-state index contributed by atoms with van der Waals surface area (Å²) in [6, 6.07) is 5.05. The second-order valence-electron chi connectivity index (χ2n) is 3.68. The molecule has 0 fully saturated rings. The Morgan fingerprint density at radius 1 is 1.27 bits per heavy atom. The summed E-state index contributed by atoms with van der Waals surface area (Å²) in [5.41, 5.74) is 2.17. The van der Waals surface area contributed by atoms with Crippen molar-refractivity contribution in [2.45, 2.75) is 24.3 Å². The van der Waals surface area contributed by atoms with Crippen molar-refractivity contribution < 1.29 is 8.42 Å². The second kappa shape index (κ2) is 3.92. The van der Waals surface area contributed by atoms with Crippen molar-refractivity contribution in [3.63, 3.8) is 0 Å². The number of rotatable bonds is 1. The van der Waals surface area contributed by atoms with E-state index in [0.717, 1.165) is 24.9 Å². The van der Waals surface area contributed by atoms with Crippen LogP contribution in [0, 0.1) is 0 Å². The zero-order valence-electron chi connectivity index (χ0n) is 8.31. The number of nitrogens with zero attached hydrogens (tertiary/aromatic N) is 1. The highest BCUT2D eigenvalue weighted by molar-refractivity contribution is 7.89. The highest BCUT2D eigenvalue weighted by Gasteiger charge is 2.13. The van der Waals surface area contributed by atoms with E-state index in [0.29, 0.717) is 6.54 Å². The van der Waals surface area contributed by atoms with Crippen molar-refractivity contribution in [2.75, 3.05) is 6.54 Å². The van der Waals surface area contributed by atoms with E-state index >= 15 is 0 Å². The number of fused-ring (bicyclic) bond motifs is 1. The second-order valence-corrected chi connectivity index (χ2v) is 5.25. The molecule has 0 unspecified atom stereocenters. The molecule has 0 spiro atoms. The molecule has 5 heteroatoms. The Labute approximate surface area is 89.5 Å². The van der Waals surface area contributed by atoms with E-state index in [4.69, 9.17) is 5.14 Å². The van der Waals surface area contributed by atoms with Gasteiger partial charge in [-0.05, 0) is 36.1 Å². The van der Waals surface area contributed by atoms with Crippen LogP contribution in [0.25, 0.3) is 0 Å². The fraction of sp³-hybridized carbons (Fsp3) is 0.400. The molecule has 81 valence electrons. The minimum absolute atomic E-state index is 0.179. The smallest absolute Gasteiger partial charge is 0.237 e. The zero-order chi connectivity index (χ0) is 10.9. The number of hydrogen-bond donors (Lipinski definition) is 1. The van der Waals surface area contributed by atoms with Crippen LogP contribution >= 0.6 is 0 Å². The van der Waals surface area contributed by atoms with Gasteiger partial charge in [0, 0.05) is 13.1 Å². The van der Waals surface area contributed by atoms with Crippen LogP contribution in [0.3, 0.4) is 0 Å². The van der Waals surface area contributed by atoms with E-state index in [1.165, 1.54) is 5.56 Å². The molecule has 2 rings (SSSR count). The Morgan fingerprint density at radius 2 is 2.07 bits per heavy atom. The number of benzene rings is 1. The Morgan fingerprint density at radius 3 is 2.80 bits per heavy atom. The van der Waals surface area contributed by atoms with E-state index in [1.54, 1.807) is 12.1 Å². The Bertz CT molecular complexity index is 468. The van der Waals surface area contributed by atoms with Crippen LogP contribution in [-0.4, -0.2) is 15.0 Å². The van der Waals surface area contributed by atoms with E-state index in [9.17, 15) is 8.42 Å². The van der Waals surface area contributed by atoms with Crippen LogP contribution < -0.4 is 10.5 Å². The van der Waals surface area contributed by atoms with Crippen molar-refractivity contribution >= 4 is 10.0 Å². The molecule has 0 aliphatic carbocycles. The molecule has 1 aliphatic rings. The number of sulfonamides is 1. The maximum atomic E-state index is 11.2. The predicted molar refractivity (Wildman–Crippen MR) is 56.8 cm³/mol. The maximum absolute atomic E-state index is 11.2. The first-order chi connectivity index (χ1) is 7.07. The van der Waals surface area contributed by atoms with Gasteiger partial charge in [0.05, 0.1) is 4.90 Å². The summed E-state index contributed by atoms with van der Waals surface area (Å²) >= 11 is 0. The van der Waals surface area contributed by atoms with Crippen molar-refractivity contribution in [3.8, 4) is 0 Å². The molecular weight excluding hydrogens is 212 g/mol. The lowest BCUT2D eigenvalue weighted by atomic mass is 10.0. The zero-order valence-corrected chi connectivity index (χ0v) is 9.13. The van der Waals surface area contributed by atoms with Crippen LogP contribution in [0.4, 0.5) is 0 Å². The molecule has 0 saturated heterocycles. The van der Waals surface area contributed by atoms with Crippen LogP contribution in [0.2, 0.25) is 0 Å². The quantitative estimate of drug-likeness (QED) is 0.750. The van der Waals surface area contributed by atoms with Crippen LogP contribution in [0.1, 0.15) is 17.5 Å². The van der Waals surface area contributed by atoms with Gasteiger partial charge in [-0.15, -0.1) is 0 Å².